The third-order valence-corrected chi connectivity index (χ3v) is 7.26. The van der Waals surface area contributed by atoms with E-state index >= 15 is 0 Å². The second-order valence-electron chi connectivity index (χ2n) is 9.09. The van der Waals surface area contributed by atoms with E-state index in [1.807, 2.05) is 11.8 Å². The summed E-state index contributed by atoms with van der Waals surface area (Å²) in [7, 11) is 0. The first-order chi connectivity index (χ1) is 16.2. The van der Waals surface area contributed by atoms with Crippen LogP contribution in [0.5, 0.6) is 5.75 Å². The highest BCUT2D eigenvalue weighted by Gasteiger charge is 2.15. The van der Waals surface area contributed by atoms with Crippen LogP contribution in [0.2, 0.25) is 0 Å². The topological polar surface area (TPSA) is 50.9 Å². The predicted molar refractivity (Wildman–Crippen MR) is 142 cm³/mol. The van der Waals surface area contributed by atoms with E-state index in [9.17, 15) is 5.11 Å². The van der Waals surface area contributed by atoms with Gasteiger partial charge < -0.3 is 5.11 Å². The summed E-state index contributed by atoms with van der Waals surface area (Å²) in [5, 5.41) is 20.5. The van der Waals surface area contributed by atoms with Gasteiger partial charge in [-0.15, -0.1) is 26.8 Å². The molecule has 0 fully saturated rings. The van der Waals surface area contributed by atoms with Gasteiger partial charge in [0.1, 0.15) is 22.5 Å². The molecule has 4 nitrogen and oxygen atoms in total. The number of aromatic hydroxyl groups is 1. The number of nitrogens with zero attached hydrogens (tertiary/aromatic N) is 3. The maximum absolute atomic E-state index is 11.0. The fraction of sp³-hybridized carbons (Fsp3) is 0.571. The summed E-state index contributed by atoms with van der Waals surface area (Å²) in [6.45, 7) is 6.66. The minimum absolute atomic E-state index is 0.321. The van der Waals surface area contributed by atoms with Crippen LogP contribution >= 0.6 is 11.8 Å². The van der Waals surface area contributed by atoms with E-state index in [1.165, 1.54) is 49.0 Å². The van der Waals surface area contributed by atoms with Gasteiger partial charge in [0.25, 0.3) is 0 Å². The molecule has 0 aliphatic carbocycles. The Morgan fingerprint density at radius 2 is 1.45 bits per heavy atom. The van der Waals surface area contributed by atoms with Crippen molar-refractivity contribution in [2.75, 3.05) is 5.75 Å². The quantitative estimate of drug-likeness (QED) is 0.180. The van der Waals surface area contributed by atoms with E-state index in [0.29, 0.717) is 11.4 Å². The van der Waals surface area contributed by atoms with Crippen molar-refractivity contribution < 1.29 is 5.11 Å². The molecular formula is C28H41N3OS. The number of phenols is 1. The van der Waals surface area contributed by atoms with Crippen molar-refractivity contribution in [3.05, 3.63) is 41.5 Å². The zero-order valence-corrected chi connectivity index (χ0v) is 21.6. The molecule has 5 heteroatoms. The number of aryl methyl sites for hydroxylation is 2. The van der Waals surface area contributed by atoms with E-state index in [1.54, 1.807) is 4.80 Å². The van der Waals surface area contributed by atoms with Gasteiger partial charge in [-0.05, 0) is 73.2 Å². The Bertz CT molecular complexity index is 998. The van der Waals surface area contributed by atoms with Crippen molar-refractivity contribution in [2.24, 2.45) is 0 Å². The van der Waals surface area contributed by atoms with Crippen LogP contribution in [0, 0.1) is 0 Å². The maximum atomic E-state index is 11.0. The van der Waals surface area contributed by atoms with E-state index in [4.69, 9.17) is 10.2 Å². The second kappa shape index (κ2) is 13.6. The Morgan fingerprint density at radius 3 is 2.24 bits per heavy atom. The van der Waals surface area contributed by atoms with Gasteiger partial charge in [-0.2, -0.15) is 0 Å². The van der Waals surface area contributed by atoms with Crippen molar-refractivity contribution in [2.45, 2.75) is 103 Å². The molecule has 1 aromatic heterocycles. The first-order valence-electron chi connectivity index (χ1n) is 13.0. The number of rotatable bonds is 15. The number of aromatic nitrogens is 3. The average Bonchev–Trinajstić information content (AvgIpc) is 3.25. The Kier molecular flexibility index (Phi) is 10.6. The van der Waals surface area contributed by atoms with Crippen LogP contribution in [-0.4, -0.2) is 25.9 Å². The summed E-state index contributed by atoms with van der Waals surface area (Å²) in [5.74, 6) is 1.47. The molecule has 0 bridgehead atoms. The molecule has 3 aromatic rings. The molecule has 0 saturated carbocycles. The third-order valence-electron chi connectivity index (χ3n) is 6.18. The van der Waals surface area contributed by atoms with E-state index < -0.39 is 0 Å². The average molecular weight is 468 g/mol. The van der Waals surface area contributed by atoms with Gasteiger partial charge in [-0.3, -0.25) is 0 Å². The van der Waals surface area contributed by atoms with Crippen LogP contribution in [0.1, 0.15) is 96.1 Å². The second-order valence-corrected chi connectivity index (χ2v) is 10.3. The third kappa shape index (κ3) is 7.49. The summed E-state index contributed by atoms with van der Waals surface area (Å²) in [6, 6.07) is 10.6. The summed E-state index contributed by atoms with van der Waals surface area (Å²) >= 11 is 1.90. The molecule has 1 heterocycles. The SMILES string of the molecule is CCCCCCCCSc1ccc2nn(-c3cc(CCCC)cc(CCCC)c3O)nc2c1. The Balaban J connectivity index is 1.75. The van der Waals surface area contributed by atoms with Gasteiger partial charge in [-0.1, -0.05) is 71.8 Å². The number of thioether (sulfide) groups is 1. The normalized spacial score (nSPS) is 11.5. The van der Waals surface area contributed by atoms with Crippen LogP contribution in [0.25, 0.3) is 16.7 Å². The molecule has 0 atom stereocenters. The van der Waals surface area contributed by atoms with Gasteiger partial charge in [-0.25, -0.2) is 0 Å². The molecule has 3 rings (SSSR count). The van der Waals surface area contributed by atoms with E-state index in [-0.39, 0.29) is 0 Å². The zero-order chi connectivity index (χ0) is 23.5. The Hall–Kier alpha value is -2.01. The Morgan fingerprint density at radius 1 is 0.758 bits per heavy atom. The molecule has 0 saturated heterocycles. The standard InChI is InChI=1S/C28H41N3OS/c1-4-7-10-11-12-13-18-33-24-16-17-25-26(21-24)30-31(29-25)27-20-22(14-8-5-2)19-23(28(27)32)15-9-6-3/h16-17,19-21,32H,4-15,18H2,1-3H3. The highest BCUT2D eigenvalue weighted by molar-refractivity contribution is 7.99. The largest absolute Gasteiger partial charge is 0.505 e. The fourth-order valence-corrected chi connectivity index (χ4v) is 5.09. The number of unbranched alkanes of at least 4 members (excludes halogenated alkanes) is 7. The highest BCUT2D eigenvalue weighted by Crippen LogP contribution is 2.31. The smallest absolute Gasteiger partial charge is 0.146 e. The molecular weight excluding hydrogens is 426 g/mol. The van der Waals surface area contributed by atoms with Crippen LogP contribution in [-0.2, 0) is 12.8 Å². The van der Waals surface area contributed by atoms with Gasteiger partial charge in [0.2, 0.25) is 0 Å². The summed E-state index contributed by atoms with van der Waals surface area (Å²) < 4.78 is 0. The van der Waals surface area contributed by atoms with Crippen LogP contribution in [0.4, 0.5) is 0 Å². The molecule has 2 aromatic carbocycles. The number of phenolic OH excluding ortho intramolecular Hbond substituents is 1. The summed E-state index contributed by atoms with van der Waals surface area (Å²) in [5.41, 5.74) is 4.72. The predicted octanol–water partition coefficient (Wildman–Crippen LogP) is 8.26. The lowest BCUT2D eigenvalue weighted by Gasteiger charge is -2.12. The molecule has 0 amide bonds. The van der Waals surface area contributed by atoms with Crippen molar-refractivity contribution in [1.29, 1.82) is 0 Å². The molecule has 0 spiro atoms. The number of hydrogen-bond donors (Lipinski definition) is 1. The number of fused-ring (bicyclic) bond motifs is 1. The molecule has 0 unspecified atom stereocenters. The van der Waals surface area contributed by atoms with Gasteiger partial charge in [0, 0.05) is 4.90 Å². The molecule has 1 N–H and O–H groups in total. The lowest BCUT2D eigenvalue weighted by molar-refractivity contribution is 0.459. The Labute approximate surface area is 204 Å². The minimum atomic E-state index is 0.321. The summed E-state index contributed by atoms with van der Waals surface area (Å²) in [4.78, 5) is 2.88. The highest BCUT2D eigenvalue weighted by atomic mass is 32.2. The minimum Gasteiger partial charge on any atom is -0.505 e. The first kappa shape index (κ1) is 25.6. The fourth-order valence-electron chi connectivity index (χ4n) is 4.14. The number of hydrogen-bond acceptors (Lipinski definition) is 4. The van der Waals surface area contributed by atoms with Gasteiger partial charge in [0.15, 0.2) is 0 Å². The monoisotopic (exact) mass is 467 g/mol. The summed E-state index contributed by atoms with van der Waals surface area (Å²) in [6.07, 6.45) is 14.3. The molecule has 0 aliphatic rings. The van der Waals surface area contributed by atoms with Crippen molar-refractivity contribution in [3.8, 4) is 11.4 Å². The maximum Gasteiger partial charge on any atom is 0.146 e. The lowest BCUT2D eigenvalue weighted by Crippen LogP contribution is -2.03. The van der Waals surface area contributed by atoms with E-state index in [0.717, 1.165) is 60.9 Å². The van der Waals surface area contributed by atoms with Crippen LogP contribution in [0.3, 0.4) is 0 Å². The van der Waals surface area contributed by atoms with Crippen molar-refractivity contribution in [1.82, 2.24) is 15.0 Å². The van der Waals surface area contributed by atoms with Crippen molar-refractivity contribution >= 4 is 22.8 Å². The first-order valence-corrected chi connectivity index (χ1v) is 14.0. The molecule has 180 valence electrons. The molecule has 0 radical (unpaired) electrons. The van der Waals surface area contributed by atoms with Gasteiger partial charge in [0.05, 0.1) is 0 Å². The van der Waals surface area contributed by atoms with Crippen molar-refractivity contribution in [3.63, 3.8) is 0 Å². The lowest BCUT2D eigenvalue weighted by atomic mass is 10.00. The molecule has 33 heavy (non-hydrogen) atoms. The van der Waals surface area contributed by atoms with Gasteiger partial charge >= 0.3 is 0 Å². The zero-order valence-electron chi connectivity index (χ0n) is 20.8. The van der Waals surface area contributed by atoms with Crippen LogP contribution < -0.4 is 0 Å². The van der Waals surface area contributed by atoms with E-state index in [2.05, 4.69) is 51.1 Å². The molecule has 0 aliphatic heterocycles. The van der Waals surface area contributed by atoms with Crippen LogP contribution in [0.15, 0.2) is 35.2 Å². The number of benzene rings is 2.